The zero-order valence-electron chi connectivity index (χ0n) is 71.5. The third-order valence-corrected chi connectivity index (χ3v) is 21.4. The van der Waals surface area contributed by atoms with Crippen LogP contribution in [0.5, 0.6) is 23.0 Å². The van der Waals surface area contributed by atoms with E-state index < -0.39 is 26.2 Å². The van der Waals surface area contributed by atoms with Gasteiger partial charge >= 0.3 is 5.97 Å². The van der Waals surface area contributed by atoms with E-state index in [0.29, 0.717) is 37.8 Å². The first-order valence-electron chi connectivity index (χ1n) is 40.7. The Morgan fingerprint density at radius 2 is 0.703 bits per heavy atom. The van der Waals surface area contributed by atoms with Crippen LogP contribution in [0.1, 0.15) is 142 Å². The van der Waals surface area contributed by atoms with E-state index >= 15 is 0 Å². The number of carboxylic acid groups (broad SMARTS) is 1. The zero-order chi connectivity index (χ0) is 86.3. The Kier molecular flexibility index (Phi) is 41.6. The minimum Gasteiger partial charge on any atom is -0.748 e. The minimum atomic E-state index is -3.92. The van der Waals surface area contributed by atoms with Gasteiger partial charge in [0.15, 0.2) is 0 Å². The maximum absolute atomic E-state index is 13.0. The average Bonchev–Trinajstić information content (AvgIpc) is 1.26. The number of likely N-dealkylation sites (N-methyl/N-ethyl adjacent to an activating group) is 4. The van der Waals surface area contributed by atoms with Gasteiger partial charge in [0.2, 0.25) is 17.7 Å². The molecule has 0 aliphatic carbocycles. The van der Waals surface area contributed by atoms with Crippen LogP contribution in [0.25, 0.3) is 0 Å². The van der Waals surface area contributed by atoms with E-state index in [2.05, 4.69) is 103 Å². The molecular weight excluding hydrogens is 1530 g/mol. The van der Waals surface area contributed by atoms with Crippen molar-refractivity contribution in [1.82, 2.24) is 29.8 Å². The first kappa shape index (κ1) is 97.3. The molecule has 4 aliphatic heterocycles. The molecule has 0 bridgehead atoms. The Morgan fingerprint density at radius 1 is 0.424 bits per heavy atom. The Hall–Kier alpha value is -9.54. The van der Waals surface area contributed by atoms with Crippen LogP contribution in [0.15, 0.2) is 194 Å². The van der Waals surface area contributed by atoms with Crippen molar-refractivity contribution in [2.45, 2.75) is 129 Å². The number of rotatable bonds is 27. The summed E-state index contributed by atoms with van der Waals surface area (Å²) in [7, 11) is 5.04. The van der Waals surface area contributed by atoms with Crippen LogP contribution in [0.4, 0.5) is 0 Å². The summed E-state index contributed by atoms with van der Waals surface area (Å²) in [6.45, 7) is 21.4. The number of carbonyl (C=O) groups excluding carboxylic acids is 3. The van der Waals surface area contributed by atoms with E-state index in [1.165, 1.54) is 105 Å². The number of hydrogen-bond acceptors (Lipinski definition) is 17. The second-order valence-electron chi connectivity index (χ2n) is 31.1. The van der Waals surface area contributed by atoms with E-state index in [1.807, 2.05) is 165 Å². The van der Waals surface area contributed by atoms with Gasteiger partial charge in [-0.1, -0.05) is 168 Å². The highest BCUT2D eigenvalue weighted by atomic mass is 32.2. The molecule has 4 heterocycles. The lowest BCUT2D eigenvalue weighted by Gasteiger charge is -2.32. The highest BCUT2D eigenvalue weighted by molar-refractivity contribution is 7.85. The summed E-state index contributed by atoms with van der Waals surface area (Å²) in [4.78, 5) is 63.0. The molecule has 0 aromatic heterocycles. The van der Waals surface area contributed by atoms with Crippen molar-refractivity contribution in [1.29, 1.82) is 0 Å². The predicted octanol–water partition coefficient (Wildman–Crippen LogP) is 10.4. The molecule has 0 spiro atoms. The van der Waals surface area contributed by atoms with Crippen LogP contribution >= 0.6 is 0 Å². The molecule has 5 N–H and O–H groups in total. The van der Waals surface area contributed by atoms with Crippen molar-refractivity contribution in [2.24, 2.45) is 0 Å². The van der Waals surface area contributed by atoms with E-state index in [9.17, 15) is 24.3 Å². The van der Waals surface area contributed by atoms with Crippen molar-refractivity contribution in [3.8, 4) is 23.0 Å². The smallest absolute Gasteiger partial charge is 0.307 e. The molecule has 118 heavy (non-hydrogen) atoms. The highest BCUT2D eigenvalue weighted by Crippen LogP contribution is 2.30. The fraction of sp³-hybridized carbons (Fsp3) is 0.441. The number of nitrogens with zero attached hydrogens (tertiary/aromatic N) is 5. The summed E-state index contributed by atoms with van der Waals surface area (Å²) in [5.74, 6) is 2.49. The third-order valence-electron chi connectivity index (χ3n) is 21.4. The van der Waals surface area contributed by atoms with Gasteiger partial charge in [-0.3, -0.25) is 19.2 Å². The second-order valence-corrected chi connectivity index (χ2v) is 33.9. The topological polar surface area (TPSA) is 288 Å². The molecule has 0 saturated carbocycles. The molecule has 8 aromatic rings. The second kappa shape index (κ2) is 50.4. The number of carbonyl (C=O) groups is 4. The molecule has 4 unspecified atom stereocenters. The van der Waals surface area contributed by atoms with Gasteiger partial charge in [0.1, 0.15) is 48.2 Å². The summed E-state index contributed by atoms with van der Waals surface area (Å²) >= 11 is 0. The number of phenols is 1. The number of hydrogen-bond donors (Lipinski definition) is 5. The molecule has 4 atom stereocenters. The molecule has 8 aromatic carbocycles. The lowest BCUT2D eigenvalue weighted by molar-refractivity contribution is -0.890. The van der Waals surface area contributed by atoms with E-state index in [4.69, 9.17) is 45.3 Å². The van der Waals surface area contributed by atoms with Gasteiger partial charge in [0.25, 0.3) is 0 Å². The average molecular weight is 1660 g/mol. The van der Waals surface area contributed by atoms with Crippen LogP contribution in [-0.4, -0.2) is 225 Å². The maximum atomic E-state index is 13.0. The summed E-state index contributed by atoms with van der Waals surface area (Å²) < 4.78 is 70.6. The maximum Gasteiger partial charge on any atom is 0.307 e. The van der Waals surface area contributed by atoms with E-state index in [0.717, 1.165) is 114 Å². The molecular formula is C93H128N8O15S2. The van der Waals surface area contributed by atoms with Crippen LogP contribution < -0.4 is 29.3 Å². The first-order valence-corrected chi connectivity index (χ1v) is 44.3. The fourth-order valence-electron chi connectivity index (χ4n) is 14.6. The van der Waals surface area contributed by atoms with Gasteiger partial charge in [-0.25, -0.2) is 16.8 Å². The fourth-order valence-corrected chi connectivity index (χ4v) is 14.6. The lowest BCUT2D eigenvalue weighted by Crippen LogP contribution is -3.10. The summed E-state index contributed by atoms with van der Waals surface area (Å²) in [6, 6.07) is 64.5. The Balaban J connectivity index is 0.000000227. The van der Waals surface area contributed by atoms with Crippen molar-refractivity contribution in [3.05, 3.63) is 261 Å². The number of benzene rings is 8. The lowest BCUT2D eigenvalue weighted by atomic mass is 10.0. The van der Waals surface area contributed by atoms with Gasteiger partial charge in [-0.15, -0.1) is 0 Å². The van der Waals surface area contributed by atoms with Gasteiger partial charge in [-0.05, 0) is 180 Å². The quantitative estimate of drug-likeness (QED) is 0.0299. The Bertz CT molecular complexity index is 4380. The molecule has 4 saturated heterocycles. The number of methoxy groups -OCH3 is 3. The molecule has 642 valence electrons. The van der Waals surface area contributed by atoms with Crippen LogP contribution in [0, 0.1) is 27.7 Å². The number of aliphatic carboxylic acids is 1. The molecule has 25 heteroatoms. The van der Waals surface area contributed by atoms with Gasteiger partial charge in [-0.2, -0.15) is 0 Å². The highest BCUT2D eigenvalue weighted by Gasteiger charge is 2.32. The minimum absolute atomic E-state index is 0.0202. The van der Waals surface area contributed by atoms with Gasteiger partial charge in [0, 0.05) is 78.5 Å². The Morgan fingerprint density at radius 3 is 1.02 bits per heavy atom. The Labute approximate surface area is 702 Å². The van der Waals surface area contributed by atoms with Crippen LogP contribution in [0.2, 0.25) is 0 Å². The largest absolute Gasteiger partial charge is 0.748 e. The normalized spacial score (nSPS) is 15.1. The van der Waals surface area contributed by atoms with Gasteiger partial charge in [0.05, 0.1) is 99.5 Å². The van der Waals surface area contributed by atoms with Gasteiger partial charge < -0.3 is 73.1 Å². The molecule has 4 fully saturated rings. The standard InChI is InChI=1S/2C23H30N2O2.C22H28N2O2.C14H22N2O.C9H10O2.2CH4O3S/c2*1-18-9-11-19(12-10-18)15-23(26)24(2)22(17-25-13-4-5-14-25)20-7-6-8-21(16-20)27-3;1-17-8-10-18(11-9-17)14-22(26)23(2)21(16-24-12-3-4-13-24)19-6-5-7-20(25)15-19;1-15-14(11-16-8-3-4-9-16)12-6-5-7-13(10-12)17-2;1-7-2-4-8(5-3-7)6-9(10)11;2*1-5(2,3)4/h2*6-12,16,22H,4-5,13-15,17H2,1-3H3;5-11,15,21,25H,3-4,12-14,16H2,1-2H3;5-7,10,14-15H,3-4,8-9,11H2,1-2H3;2-5H,6H2,1H3,(H,10,11);2*1H3,(H,2,3,4). The third kappa shape index (κ3) is 37.2. The number of aryl methyl sites for hydroxylation is 4. The van der Waals surface area contributed by atoms with E-state index in [1.54, 1.807) is 38.4 Å². The molecule has 4 aliphatic rings. The summed E-state index contributed by atoms with van der Waals surface area (Å²) in [6.07, 6.45) is 12.8. The number of ether oxygens (including phenoxy) is 3. The molecule has 3 amide bonds. The summed E-state index contributed by atoms with van der Waals surface area (Å²) in [5, 5.41) is 21.7. The van der Waals surface area contributed by atoms with Crippen LogP contribution in [0.3, 0.4) is 0 Å². The number of amides is 3. The number of likely N-dealkylation sites (tertiary alicyclic amines) is 4. The first-order chi connectivity index (χ1) is 56.2. The van der Waals surface area contributed by atoms with Crippen molar-refractivity contribution in [3.63, 3.8) is 0 Å². The van der Waals surface area contributed by atoms with Crippen molar-refractivity contribution >= 4 is 43.9 Å². The number of nitrogens with one attached hydrogen (secondary N) is 3. The number of phenolic OH excluding ortho intramolecular Hbond substituents is 1. The van der Waals surface area contributed by atoms with Crippen molar-refractivity contribution in [2.75, 3.05) is 141 Å². The van der Waals surface area contributed by atoms with Crippen molar-refractivity contribution < 1.29 is 79.3 Å². The summed E-state index contributed by atoms with van der Waals surface area (Å²) in [5.41, 5.74) is 13.4. The van der Waals surface area contributed by atoms with Crippen LogP contribution in [-0.2, 0) is 65.1 Å². The molecule has 12 rings (SSSR count). The number of aromatic hydroxyl groups is 1. The number of quaternary nitrogens is 2. The molecule has 0 radical (unpaired) electrons. The molecule has 23 nitrogen and oxygen atoms in total. The van der Waals surface area contributed by atoms with E-state index in [-0.39, 0.29) is 48.0 Å². The monoisotopic (exact) mass is 1660 g/mol. The zero-order valence-corrected chi connectivity index (χ0v) is 73.1. The SMILES string of the molecule is CNC(CN1CCCC1)c1cccc(OC)c1.COc1cccc(C(CN2CCCC2)N(C)C(=O)Cc2ccc(C)cc2)c1.COc1cccc(C(C[NH+]2CCCC2)N(C)C(=O)Cc2ccc(C)cc2)c1.CS(=O)(=O)[O-].CS(=O)(=O)[O-].Cc1ccc(CC(=O)N(C)C(C[NH+]2CCCC2)c2cccc(O)c2)cc1.Cc1ccc(CC(=O)O)cc1. The predicted molar refractivity (Wildman–Crippen MR) is 465 cm³/mol. The number of carboxylic acids is 1.